The summed E-state index contributed by atoms with van der Waals surface area (Å²) in [6, 6.07) is -0.244. The van der Waals surface area contributed by atoms with Crippen molar-refractivity contribution in [1.82, 2.24) is 10.6 Å². The number of sulfone groups is 1. The summed E-state index contributed by atoms with van der Waals surface area (Å²) in [5.41, 5.74) is -0.611. The lowest BCUT2D eigenvalue weighted by atomic mass is 10.0. The summed E-state index contributed by atoms with van der Waals surface area (Å²) in [5.74, 6) is 0.217. The van der Waals surface area contributed by atoms with Crippen LogP contribution in [-0.4, -0.2) is 38.0 Å². The Morgan fingerprint density at radius 1 is 0.920 bits per heavy atom. The number of amides is 2. The lowest BCUT2D eigenvalue weighted by Crippen LogP contribution is -2.51. The van der Waals surface area contributed by atoms with Crippen LogP contribution in [0.2, 0.25) is 0 Å². The number of carbonyl (C=O) groups excluding carboxylic acids is 1. The molecule has 1 atom stereocenters. The summed E-state index contributed by atoms with van der Waals surface area (Å²) in [6.07, 6.45) is 14.6. The van der Waals surface area contributed by atoms with Gasteiger partial charge in [0.15, 0.2) is 9.84 Å². The van der Waals surface area contributed by atoms with Crippen LogP contribution in [0.15, 0.2) is 0 Å². The third kappa shape index (κ3) is 10.7. The Labute approximate surface area is 154 Å². The van der Waals surface area contributed by atoms with E-state index in [1.54, 1.807) is 6.92 Å². The molecule has 1 aliphatic rings. The van der Waals surface area contributed by atoms with E-state index < -0.39 is 15.4 Å². The van der Waals surface area contributed by atoms with E-state index in [0.29, 0.717) is 13.0 Å². The van der Waals surface area contributed by atoms with E-state index in [9.17, 15) is 13.2 Å². The Kier molecular flexibility index (Phi) is 10.5. The molecule has 2 N–H and O–H groups in total. The standard InChI is InChI=1S/C19H38N2O3S/c1-3-4-5-6-7-8-9-10-11-12-13-15-20-18(22)21-19(2)14-16-25(23,24)17-19/h3-17H2,1-2H3,(H2,20,21,22). The van der Waals surface area contributed by atoms with E-state index in [2.05, 4.69) is 17.6 Å². The number of unbranched alkanes of at least 4 members (excludes halogenated alkanes) is 10. The van der Waals surface area contributed by atoms with Crippen LogP contribution in [0.5, 0.6) is 0 Å². The minimum atomic E-state index is -2.99. The number of hydrogen-bond donors (Lipinski definition) is 2. The van der Waals surface area contributed by atoms with Gasteiger partial charge in [0.25, 0.3) is 0 Å². The summed E-state index contributed by atoms with van der Waals surface area (Å²) < 4.78 is 23.1. The van der Waals surface area contributed by atoms with E-state index in [4.69, 9.17) is 0 Å². The Morgan fingerprint density at radius 2 is 1.44 bits per heavy atom. The van der Waals surface area contributed by atoms with Gasteiger partial charge >= 0.3 is 6.03 Å². The van der Waals surface area contributed by atoms with Crippen molar-refractivity contribution < 1.29 is 13.2 Å². The van der Waals surface area contributed by atoms with Gasteiger partial charge < -0.3 is 10.6 Å². The second kappa shape index (κ2) is 11.8. The minimum absolute atomic E-state index is 0.0475. The monoisotopic (exact) mass is 374 g/mol. The van der Waals surface area contributed by atoms with Gasteiger partial charge in [-0.05, 0) is 19.8 Å². The van der Waals surface area contributed by atoms with E-state index in [1.165, 1.54) is 57.8 Å². The first-order valence-electron chi connectivity index (χ1n) is 10.1. The van der Waals surface area contributed by atoms with Gasteiger partial charge in [-0.1, -0.05) is 71.1 Å². The molecule has 1 unspecified atom stereocenters. The molecule has 1 rings (SSSR count). The Hall–Kier alpha value is -0.780. The van der Waals surface area contributed by atoms with Gasteiger partial charge in [0, 0.05) is 6.54 Å². The van der Waals surface area contributed by atoms with Crippen molar-refractivity contribution in [3.63, 3.8) is 0 Å². The minimum Gasteiger partial charge on any atom is -0.338 e. The van der Waals surface area contributed by atoms with Crippen LogP contribution in [-0.2, 0) is 9.84 Å². The van der Waals surface area contributed by atoms with E-state index in [0.717, 1.165) is 12.8 Å². The lowest BCUT2D eigenvalue weighted by molar-refractivity contribution is 0.230. The van der Waals surface area contributed by atoms with Gasteiger partial charge in [-0.15, -0.1) is 0 Å². The molecule has 0 aliphatic carbocycles. The molecule has 0 saturated carbocycles. The molecule has 2 amide bonds. The van der Waals surface area contributed by atoms with Crippen LogP contribution in [0, 0.1) is 0 Å². The summed E-state index contributed by atoms with van der Waals surface area (Å²) in [6.45, 7) is 4.71. The maximum absolute atomic E-state index is 11.9. The normalized spacial score (nSPS) is 22.0. The van der Waals surface area contributed by atoms with E-state index >= 15 is 0 Å². The lowest BCUT2D eigenvalue weighted by Gasteiger charge is -2.24. The molecule has 0 aromatic heterocycles. The first-order chi connectivity index (χ1) is 11.9. The number of urea groups is 1. The van der Waals surface area contributed by atoms with Crippen molar-refractivity contribution >= 4 is 15.9 Å². The average Bonchev–Trinajstić information content (AvgIpc) is 2.81. The molecule has 5 nitrogen and oxygen atoms in total. The van der Waals surface area contributed by atoms with Gasteiger partial charge in [0.05, 0.1) is 17.0 Å². The average molecular weight is 375 g/mol. The largest absolute Gasteiger partial charge is 0.338 e. The highest BCUT2D eigenvalue weighted by Crippen LogP contribution is 2.22. The molecule has 0 radical (unpaired) electrons. The predicted molar refractivity (Wildman–Crippen MR) is 105 cm³/mol. The Balaban J connectivity index is 1.92. The summed E-state index contributed by atoms with van der Waals surface area (Å²) in [5, 5.41) is 5.67. The second-order valence-electron chi connectivity index (χ2n) is 7.82. The molecule has 0 spiro atoms. The van der Waals surface area contributed by atoms with Crippen molar-refractivity contribution in [1.29, 1.82) is 0 Å². The molecule has 0 bridgehead atoms. The summed E-state index contributed by atoms with van der Waals surface area (Å²) in [7, 11) is -2.99. The maximum Gasteiger partial charge on any atom is 0.315 e. The number of carbonyl (C=O) groups is 1. The Bertz CT molecular complexity index is 479. The third-order valence-electron chi connectivity index (χ3n) is 4.98. The maximum atomic E-state index is 11.9. The van der Waals surface area contributed by atoms with Crippen LogP contribution in [0.25, 0.3) is 0 Å². The number of nitrogens with one attached hydrogen (secondary N) is 2. The molecule has 0 aromatic carbocycles. The fourth-order valence-electron chi connectivity index (χ4n) is 3.42. The molecule has 1 saturated heterocycles. The zero-order valence-electron chi connectivity index (χ0n) is 16.2. The van der Waals surface area contributed by atoms with Crippen LogP contribution in [0.1, 0.15) is 90.9 Å². The SMILES string of the molecule is CCCCCCCCCCCCCNC(=O)NC1(C)CCS(=O)(=O)C1. The van der Waals surface area contributed by atoms with Gasteiger partial charge in [0.2, 0.25) is 0 Å². The second-order valence-corrected chi connectivity index (χ2v) is 10.0. The molecular weight excluding hydrogens is 336 g/mol. The fraction of sp³-hybridized carbons (Fsp3) is 0.947. The fourth-order valence-corrected chi connectivity index (χ4v) is 5.51. The highest BCUT2D eigenvalue weighted by molar-refractivity contribution is 7.91. The Morgan fingerprint density at radius 3 is 1.92 bits per heavy atom. The highest BCUT2D eigenvalue weighted by Gasteiger charge is 2.39. The molecule has 0 aromatic rings. The van der Waals surface area contributed by atoms with Crippen molar-refractivity contribution in [2.24, 2.45) is 0 Å². The van der Waals surface area contributed by atoms with Crippen molar-refractivity contribution in [3.05, 3.63) is 0 Å². The highest BCUT2D eigenvalue weighted by atomic mass is 32.2. The van der Waals surface area contributed by atoms with Crippen molar-refractivity contribution in [3.8, 4) is 0 Å². The predicted octanol–water partition coefficient (Wildman–Crippen LogP) is 4.17. The number of rotatable bonds is 13. The molecule has 25 heavy (non-hydrogen) atoms. The zero-order valence-corrected chi connectivity index (χ0v) is 17.1. The van der Waals surface area contributed by atoms with Crippen molar-refractivity contribution in [2.45, 2.75) is 96.4 Å². The van der Waals surface area contributed by atoms with Crippen LogP contribution < -0.4 is 10.6 Å². The summed E-state index contributed by atoms with van der Waals surface area (Å²) >= 11 is 0. The molecule has 148 valence electrons. The van der Waals surface area contributed by atoms with Gasteiger partial charge in [-0.3, -0.25) is 0 Å². The van der Waals surface area contributed by atoms with Crippen LogP contribution >= 0.6 is 0 Å². The van der Waals surface area contributed by atoms with Gasteiger partial charge in [0.1, 0.15) is 0 Å². The molecule has 6 heteroatoms. The smallest absolute Gasteiger partial charge is 0.315 e. The first-order valence-corrected chi connectivity index (χ1v) is 12.0. The van der Waals surface area contributed by atoms with E-state index in [-0.39, 0.29) is 17.5 Å². The molecular formula is C19H38N2O3S. The molecule has 1 fully saturated rings. The molecule has 1 heterocycles. The topological polar surface area (TPSA) is 75.3 Å². The van der Waals surface area contributed by atoms with E-state index in [1.807, 2.05) is 0 Å². The third-order valence-corrected chi connectivity index (χ3v) is 6.89. The first kappa shape index (κ1) is 22.3. The zero-order chi connectivity index (χ0) is 18.6. The van der Waals surface area contributed by atoms with Crippen LogP contribution in [0.3, 0.4) is 0 Å². The molecule has 1 aliphatic heterocycles. The van der Waals surface area contributed by atoms with Crippen LogP contribution in [0.4, 0.5) is 4.79 Å². The van der Waals surface area contributed by atoms with Gasteiger partial charge in [-0.2, -0.15) is 0 Å². The van der Waals surface area contributed by atoms with Gasteiger partial charge in [-0.25, -0.2) is 13.2 Å². The summed E-state index contributed by atoms with van der Waals surface area (Å²) in [4.78, 5) is 11.9. The quantitative estimate of drug-likeness (QED) is 0.475. The van der Waals surface area contributed by atoms with Crippen molar-refractivity contribution in [2.75, 3.05) is 18.1 Å². The number of hydrogen-bond acceptors (Lipinski definition) is 3.